The number of nitrogens with one attached hydrogen (secondary N) is 1. The average molecular weight is 342 g/mol. The van der Waals surface area contributed by atoms with Crippen LogP contribution >= 0.6 is 0 Å². The molecule has 132 valence electrons. The molecule has 0 atom stereocenters. The van der Waals surface area contributed by atoms with Gasteiger partial charge < -0.3 is 9.42 Å². The highest BCUT2D eigenvalue weighted by Crippen LogP contribution is 2.22. The van der Waals surface area contributed by atoms with Gasteiger partial charge in [0.25, 0.3) is 0 Å². The van der Waals surface area contributed by atoms with E-state index >= 15 is 0 Å². The molecule has 1 aromatic heterocycles. The molecule has 0 unspecified atom stereocenters. The number of benzene rings is 1. The van der Waals surface area contributed by atoms with E-state index in [9.17, 15) is 9.59 Å². The van der Waals surface area contributed by atoms with E-state index in [2.05, 4.69) is 10.5 Å². The van der Waals surface area contributed by atoms with Crippen molar-refractivity contribution in [2.45, 2.75) is 13.8 Å². The second-order valence-electron chi connectivity index (χ2n) is 6.27. The third kappa shape index (κ3) is 4.45. The first-order valence-corrected chi connectivity index (χ1v) is 8.33. The smallest absolute Gasteiger partial charge is 0.240 e. The molecule has 0 spiro atoms. The van der Waals surface area contributed by atoms with Gasteiger partial charge in [-0.3, -0.25) is 19.8 Å². The zero-order valence-corrected chi connectivity index (χ0v) is 14.5. The standard InChI is InChI=1S/C18H22N4O3/c1-13-3-5-15(6-4-13)16-11-18(25-20-16)19-17(24)12-21-7-9-22(10-8-21)14(2)23/h3-6,11H,7-10,12H2,1-2H3,(H,19,24). The normalized spacial score (nSPS) is 15.2. The number of rotatable bonds is 4. The summed E-state index contributed by atoms with van der Waals surface area (Å²) in [6, 6.07) is 9.66. The van der Waals surface area contributed by atoms with Crippen molar-refractivity contribution in [3.8, 4) is 11.3 Å². The van der Waals surface area contributed by atoms with Gasteiger partial charge in [0.05, 0.1) is 6.54 Å². The largest absolute Gasteiger partial charge is 0.340 e. The molecule has 1 aliphatic rings. The average Bonchev–Trinajstić information content (AvgIpc) is 3.04. The molecule has 1 aliphatic heterocycles. The Labute approximate surface area is 146 Å². The summed E-state index contributed by atoms with van der Waals surface area (Å²) in [6.45, 7) is 6.56. The summed E-state index contributed by atoms with van der Waals surface area (Å²) in [7, 11) is 0. The third-order valence-electron chi connectivity index (χ3n) is 4.30. The molecular weight excluding hydrogens is 320 g/mol. The molecule has 0 bridgehead atoms. The van der Waals surface area contributed by atoms with E-state index in [4.69, 9.17) is 4.52 Å². The molecule has 1 N–H and O–H groups in total. The van der Waals surface area contributed by atoms with Crippen LogP contribution in [-0.4, -0.2) is 59.5 Å². The van der Waals surface area contributed by atoms with E-state index in [-0.39, 0.29) is 18.4 Å². The van der Waals surface area contributed by atoms with Crippen LogP contribution in [0.25, 0.3) is 11.3 Å². The van der Waals surface area contributed by atoms with Gasteiger partial charge in [0.2, 0.25) is 17.7 Å². The lowest BCUT2D eigenvalue weighted by Gasteiger charge is -2.33. The maximum atomic E-state index is 12.2. The molecule has 1 aromatic carbocycles. The molecule has 25 heavy (non-hydrogen) atoms. The molecule has 1 fully saturated rings. The van der Waals surface area contributed by atoms with E-state index in [0.717, 1.165) is 5.56 Å². The monoisotopic (exact) mass is 342 g/mol. The van der Waals surface area contributed by atoms with Gasteiger partial charge in [-0.1, -0.05) is 35.0 Å². The number of piperazine rings is 1. The predicted octanol–water partition coefficient (Wildman–Crippen LogP) is 1.75. The Bertz CT molecular complexity index is 746. The second kappa shape index (κ2) is 7.48. The van der Waals surface area contributed by atoms with E-state index in [1.807, 2.05) is 36.1 Å². The van der Waals surface area contributed by atoms with Gasteiger partial charge in [-0.2, -0.15) is 0 Å². The Morgan fingerprint density at radius 3 is 2.48 bits per heavy atom. The highest BCUT2D eigenvalue weighted by molar-refractivity contribution is 5.91. The van der Waals surface area contributed by atoms with Gasteiger partial charge >= 0.3 is 0 Å². The van der Waals surface area contributed by atoms with Crippen LogP contribution in [0.1, 0.15) is 12.5 Å². The quantitative estimate of drug-likeness (QED) is 0.916. The van der Waals surface area contributed by atoms with Crippen LogP contribution in [0, 0.1) is 6.92 Å². The van der Waals surface area contributed by atoms with Gasteiger partial charge in [0.1, 0.15) is 5.69 Å². The molecule has 0 radical (unpaired) electrons. The number of aromatic nitrogens is 1. The number of hydrogen-bond acceptors (Lipinski definition) is 5. The fourth-order valence-corrected chi connectivity index (χ4v) is 2.80. The van der Waals surface area contributed by atoms with Crippen LogP contribution in [0.15, 0.2) is 34.9 Å². The molecular formula is C18H22N4O3. The van der Waals surface area contributed by atoms with Crippen molar-refractivity contribution in [2.75, 3.05) is 38.0 Å². The lowest BCUT2D eigenvalue weighted by atomic mass is 10.1. The SMILES string of the molecule is CC(=O)N1CCN(CC(=O)Nc2cc(-c3ccc(C)cc3)no2)CC1. The summed E-state index contributed by atoms with van der Waals surface area (Å²) in [6.07, 6.45) is 0. The van der Waals surface area contributed by atoms with Crippen LogP contribution < -0.4 is 5.32 Å². The predicted molar refractivity (Wildman–Crippen MR) is 94.0 cm³/mol. The van der Waals surface area contributed by atoms with Crippen LogP contribution in [0.2, 0.25) is 0 Å². The summed E-state index contributed by atoms with van der Waals surface area (Å²) in [5, 5.41) is 6.73. The lowest BCUT2D eigenvalue weighted by molar-refractivity contribution is -0.130. The van der Waals surface area contributed by atoms with Crippen molar-refractivity contribution in [3.63, 3.8) is 0 Å². The van der Waals surface area contributed by atoms with Crippen molar-refractivity contribution in [1.29, 1.82) is 0 Å². The zero-order chi connectivity index (χ0) is 17.8. The Kier molecular flexibility index (Phi) is 5.14. The number of carbonyl (C=O) groups excluding carboxylic acids is 2. The third-order valence-corrected chi connectivity index (χ3v) is 4.30. The minimum atomic E-state index is -0.150. The van der Waals surface area contributed by atoms with Gasteiger partial charge in [0.15, 0.2) is 0 Å². The van der Waals surface area contributed by atoms with Crippen molar-refractivity contribution in [1.82, 2.24) is 15.0 Å². The second-order valence-corrected chi connectivity index (χ2v) is 6.27. The molecule has 7 nitrogen and oxygen atoms in total. The van der Waals surface area contributed by atoms with Crippen molar-refractivity contribution in [2.24, 2.45) is 0 Å². The Balaban J connectivity index is 1.52. The number of carbonyl (C=O) groups is 2. The highest BCUT2D eigenvalue weighted by atomic mass is 16.5. The zero-order valence-electron chi connectivity index (χ0n) is 14.5. The summed E-state index contributed by atoms with van der Waals surface area (Å²) < 4.78 is 5.20. The van der Waals surface area contributed by atoms with Crippen molar-refractivity contribution < 1.29 is 14.1 Å². The molecule has 1 saturated heterocycles. The summed E-state index contributed by atoms with van der Waals surface area (Å²) in [5.41, 5.74) is 2.80. The molecule has 2 aromatic rings. The Hall–Kier alpha value is -2.67. The van der Waals surface area contributed by atoms with Gasteiger partial charge in [-0.05, 0) is 6.92 Å². The molecule has 0 aliphatic carbocycles. The van der Waals surface area contributed by atoms with Gasteiger partial charge in [0, 0.05) is 44.7 Å². The van der Waals surface area contributed by atoms with Crippen LogP contribution in [0.5, 0.6) is 0 Å². The number of anilines is 1. The van der Waals surface area contributed by atoms with E-state index in [1.165, 1.54) is 5.56 Å². The Morgan fingerprint density at radius 2 is 1.84 bits per heavy atom. The van der Waals surface area contributed by atoms with E-state index in [1.54, 1.807) is 17.9 Å². The fourth-order valence-electron chi connectivity index (χ4n) is 2.80. The minimum absolute atomic E-state index is 0.0781. The van der Waals surface area contributed by atoms with Crippen LogP contribution in [0.3, 0.4) is 0 Å². The summed E-state index contributed by atoms with van der Waals surface area (Å²) in [5.74, 6) is 0.264. The minimum Gasteiger partial charge on any atom is -0.340 e. The number of amides is 2. The topological polar surface area (TPSA) is 78.7 Å². The number of aryl methyl sites for hydroxylation is 1. The van der Waals surface area contributed by atoms with E-state index in [0.29, 0.717) is 37.8 Å². The first kappa shape index (κ1) is 17.2. The van der Waals surface area contributed by atoms with E-state index < -0.39 is 0 Å². The Morgan fingerprint density at radius 1 is 1.16 bits per heavy atom. The lowest BCUT2D eigenvalue weighted by Crippen LogP contribution is -2.49. The first-order chi connectivity index (χ1) is 12.0. The fraction of sp³-hybridized carbons (Fsp3) is 0.389. The van der Waals surface area contributed by atoms with Crippen molar-refractivity contribution >= 4 is 17.7 Å². The molecule has 2 amide bonds. The summed E-state index contributed by atoms with van der Waals surface area (Å²) in [4.78, 5) is 27.3. The molecule has 3 rings (SSSR count). The number of hydrogen-bond donors (Lipinski definition) is 1. The van der Waals surface area contributed by atoms with Crippen LogP contribution in [-0.2, 0) is 9.59 Å². The molecule has 2 heterocycles. The number of nitrogens with zero attached hydrogens (tertiary/aromatic N) is 3. The summed E-state index contributed by atoms with van der Waals surface area (Å²) >= 11 is 0. The highest BCUT2D eigenvalue weighted by Gasteiger charge is 2.20. The maximum absolute atomic E-state index is 12.2. The maximum Gasteiger partial charge on any atom is 0.240 e. The van der Waals surface area contributed by atoms with Crippen molar-refractivity contribution in [3.05, 3.63) is 35.9 Å². The first-order valence-electron chi connectivity index (χ1n) is 8.33. The van der Waals surface area contributed by atoms with Crippen LogP contribution in [0.4, 0.5) is 5.88 Å². The van der Waals surface area contributed by atoms with Gasteiger partial charge in [-0.25, -0.2) is 0 Å². The van der Waals surface area contributed by atoms with Gasteiger partial charge in [-0.15, -0.1) is 0 Å². The molecule has 0 saturated carbocycles. The molecule has 7 heteroatoms.